The monoisotopic (exact) mass is 623 g/mol. The molecule has 44 heavy (non-hydrogen) atoms. The Bertz CT molecular complexity index is 632. The number of hydrogen-bond acceptors (Lipinski definition) is 5. The van der Waals surface area contributed by atoms with E-state index in [9.17, 15) is 14.7 Å². The van der Waals surface area contributed by atoms with E-state index in [-0.39, 0.29) is 25.2 Å². The number of rotatable bonds is 35. The van der Waals surface area contributed by atoms with Gasteiger partial charge < -0.3 is 14.6 Å². The van der Waals surface area contributed by atoms with Gasteiger partial charge in [0.25, 0.3) is 0 Å². The van der Waals surface area contributed by atoms with Crippen molar-refractivity contribution in [3.05, 3.63) is 12.2 Å². The molecule has 0 rings (SSSR count). The second-order valence-corrected chi connectivity index (χ2v) is 13.0. The van der Waals surface area contributed by atoms with Gasteiger partial charge in [0.05, 0.1) is 6.61 Å². The summed E-state index contributed by atoms with van der Waals surface area (Å²) in [6, 6.07) is 0. The van der Waals surface area contributed by atoms with Crippen LogP contribution in [0, 0.1) is 0 Å². The number of carbonyl (C=O) groups is 2. The summed E-state index contributed by atoms with van der Waals surface area (Å²) in [4.78, 5) is 24.2. The molecule has 1 N–H and O–H groups in total. The molecule has 0 aliphatic rings. The van der Waals surface area contributed by atoms with Gasteiger partial charge in [0.2, 0.25) is 0 Å². The summed E-state index contributed by atoms with van der Waals surface area (Å²) < 4.78 is 10.6. The molecule has 0 bridgehead atoms. The van der Waals surface area contributed by atoms with Crippen LogP contribution in [0.25, 0.3) is 0 Å². The highest BCUT2D eigenvalue weighted by Crippen LogP contribution is 2.15. The Kier molecular flexibility index (Phi) is 35.0. The molecule has 0 heterocycles. The number of ether oxygens (including phenoxy) is 2. The summed E-state index contributed by atoms with van der Waals surface area (Å²) in [5.74, 6) is -0.593. The highest BCUT2D eigenvalue weighted by atomic mass is 16.6. The van der Waals surface area contributed by atoms with Crippen molar-refractivity contribution in [2.45, 2.75) is 213 Å². The molecule has 260 valence electrons. The van der Waals surface area contributed by atoms with Gasteiger partial charge >= 0.3 is 11.9 Å². The van der Waals surface area contributed by atoms with E-state index in [1.54, 1.807) is 0 Å². The third kappa shape index (κ3) is 33.5. The van der Waals surface area contributed by atoms with E-state index in [2.05, 4.69) is 26.0 Å². The van der Waals surface area contributed by atoms with Crippen molar-refractivity contribution in [1.29, 1.82) is 0 Å². The van der Waals surface area contributed by atoms with Crippen molar-refractivity contribution < 1.29 is 24.2 Å². The number of allylic oxidation sites excluding steroid dienone is 2. The lowest BCUT2D eigenvalue weighted by Gasteiger charge is -2.15. The van der Waals surface area contributed by atoms with Crippen molar-refractivity contribution in [3.63, 3.8) is 0 Å². The lowest BCUT2D eigenvalue weighted by molar-refractivity contribution is -0.161. The standard InChI is InChI=1S/C39H74O5/c1-3-5-7-9-11-13-15-16-17-18-19-20-21-22-24-25-27-29-31-33-38(41)43-36-37(35-40)44-39(42)34-32-30-28-26-23-14-12-10-8-6-4-2/h10,12,37,40H,3-9,11,13-36H2,1-2H3/b12-10+/t37-/m0/s1. The first-order valence-electron chi connectivity index (χ1n) is 19.2. The molecule has 0 aromatic heterocycles. The van der Waals surface area contributed by atoms with Crippen LogP contribution >= 0.6 is 0 Å². The molecule has 0 saturated carbocycles. The van der Waals surface area contributed by atoms with Gasteiger partial charge in [-0.2, -0.15) is 0 Å². The average molecular weight is 623 g/mol. The van der Waals surface area contributed by atoms with E-state index in [1.165, 1.54) is 141 Å². The number of unbranched alkanes of at least 4 members (excludes halogenated alkanes) is 25. The summed E-state index contributed by atoms with van der Waals surface area (Å²) in [6.07, 6.45) is 39.9. The molecular formula is C39H74O5. The topological polar surface area (TPSA) is 72.8 Å². The summed E-state index contributed by atoms with van der Waals surface area (Å²) in [7, 11) is 0. The van der Waals surface area contributed by atoms with E-state index in [1.807, 2.05) is 0 Å². The number of esters is 2. The van der Waals surface area contributed by atoms with Crippen molar-refractivity contribution in [2.24, 2.45) is 0 Å². The molecule has 5 heteroatoms. The molecule has 0 aromatic rings. The second kappa shape index (κ2) is 36.1. The SMILES string of the molecule is CCCC/C=C/CCCCCCCC(=O)O[C@@H](CO)COC(=O)CCCCCCCCCCCCCCCCCCCCC. The molecule has 0 saturated heterocycles. The first-order valence-corrected chi connectivity index (χ1v) is 19.2. The molecule has 0 amide bonds. The summed E-state index contributed by atoms with van der Waals surface area (Å²) in [6.45, 7) is 4.10. The fraction of sp³-hybridized carbons (Fsp3) is 0.897. The number of aliphatic hydroxyl groups is 1. The summed E-state index contributed by atoms with van der Waals surface area (Å²) in [5.41, 5.74) is 0. The Labute approximate surface area is 273 Å². The molecule has 5 nitrogen and oxygen atoms in total. The Morgan fingerprint density at radius 3 is 1.30 bits per heavy atom. The number of hydrogen-bond donors (Lipinski definition) is 1. The van der Waals surface area contributed by atoms with Gasteiger partial charge in [-0.05, 0) is 32.1 Å². The molecule has 0 aliphatic carbocycles. The predicted octanol–water partition coefficient (Wildman–Crippen LogP) is 11.7. The van der Waals surface area contributed by atoms with E-state index in [4.69, 9.17) is 9.47 Å². The van der Waals surface area contributed by atoms with Gasteiger partial charge in [0, 0.05) is 12.8 Å². The van der Waals surface area contributed by atoms with Gasteiger partial charge in [-0.25, -0.2) is 0 Å². The first-order chi connectivity index (χ1) is 21.6. The van der Waals surface area contributed by atoms with Crippen LogP contribution in [0.2, 0.25) is 0 Å². The summed E-state index contributed by atoms with van der Waals surface area (Å²) >= 11 is 0. The van der Waals surface area contributed by atoms with Crippen LogP contribution in [0.5, 0.6) is 0 Å². The molecule has 0 fully saturated rings. The molecule has 0 unspecified atom stereocenters. The Hall–Kier alpha value is -1.36. The van der Waals surface area contributed by atoms with Crippen molar-refractivity contribution in [1.82, 2.24) is 0 Å². The van der Waals surface area contributed by atoms with Crippen LogP contribution in [0.3, 0.4) is 0 Å². The minimum Gasteiger partial charge on any atom is -0.462 e. The number of aliphatic hydroxyl groups excluding tert-OH is 1. The van der Waals surface area contributed by atoms with E-state index in [0.29, 0.717) is 12.8 Å². The zero-order chi connectivity index (χ0) is 32.2. The van der Waals surface area contributed by atoms with Crippen molar-refractivity contribution in [3.8, 4) is 0 Å². The van der Waals surface area contributed by atoms with Gasteiger partial charge in [-0.15, -0.1) is 0 Å². The normalized spacial score (nSPS) is 12.2. The molecule has 0 spiro atoms. The minimum atomic E-state index is -0.768. The Morgan fingerprint density at radius 1 is 0.500 bits per heavy atom. The fourth-order valence-electron chi connectivity index (χ4n) is 5.59. The van der Waals surface area contributed by atoms with E-state index < -0.39 is 6.10 Å². The van der Waals surface area contributed by atoms with Gasteiger partial charge in [-0.3, -0.25) is 9.59 Å². The second-order valence-electron chi connectivity index (χ2n) is 13.0. The zero-order valence-corrected chi connectivity index (χ0v) is 29.4. The van der Waals surface area contributed by atoms with Gasteiger partial charge in [0.15, 0.2) is 6.10 Å². The van der Waals surface area contributed by atoms with Crippen LogP contribution in [0.1, 0.15) is 206 Å². The van der Waals surface area contributed by atoms with Gasteiger partial charge in [0.1, 0.15) is 6.61 Å². The third-order valence-corrected chi connectivity index (χ3v) is 8.56. The highest BCUT2D eigenvalue weighted by molar-refractivity contribution is 5.70. The van der Waals surface area contributed by atoms with Crippen molar-refractivity contribution >= 4 is 11.9 Å². The molecule has 0 aliphatic heterocycles. The maximum atomic E-state index is 12.1. The molecule has 0 radical (unpaired) electrons. The maximum Gasteiger partial charge on any atom is 0.306 e. The van der Waals surface area contributed by atoms with Gasteiger partial charge in [-0.1, -0.05) is 174 Å². The lowest BCUT2D eigenvalue weighted by atomic mass is 10.0. The smallest absolute Gasteiger partial charge is 0.306 e. The van der Waals surface area contributed by atoms with Crippen LogP contribution in [0.4, 0.5) is 0 Å². The quantitative estimate of drug-likeness (QED) is 0.0432. The maximum absolute atomic E-state index is 12.1. The summed E-state index contributed by atoms with van der Waals surface area (Å²) in [5, 5.41) is 9.52. The highest BCUT2D eigenvalue weighted by Gasteiger charge is 2.16. The average Bonchev–Trinajstić information content (AvgIpc) is 3.02. The number of carbonyl (C=O) groups excluding carboxylic acids is 2. The fourth-order valence-corrected chi connectivity index (χ4v) is 5.59. The lowest BCUT2D eigenvalue weighted by Crippen LogP contribution is -2.28. The van der Waals surface area contributed by atoms with Crippen molar-refractivity contribution in [2.75, 3.05) is 13.2 Å². The molecular weight excluding hydrogens is 548 g/mol. The minimum absolute atomic E-state index is 0.0635. The molecule has 0 aromatic carbocycles. The van der Waals surface area contributed by atoms with Crippen LogP contribution in [-0.2, 0) is 19.1 Å². The first kappa shape index (κ1) is 42.6. The van der Waals surface area contributed by atoms with E-state index in [0.717, 1.165) is 38.5 Å². The third-order valence-electron chi connectivity index (χ3n) is 8.56. The van der Waals surface area contributed by atoms with Crippen LogP contribution < -0.4 is 0 Å². The Balaban J connectivity index is 3.49. The zero-order valence-electron chi connectivity index (χ0n) is 29.4. The van der Waals surface area contributed by atoms with Crippen LogP contribution in [0.15, 0.2) is 12.2 Å². The predicted molar refractivity (Wildman–Crippen MR) is 187 cm³/mol. The molecule has 1 atom stereocenters. The van der Waals surface area contributed by atoms with Crippen LogP contribution in [-0.4, -0.2) is 36.4 Å². The Morgan fingerprint density at radius 2 is 0.864 bits per heavy atom. The largest absolute Gasteiger partial charge is 0.462 e. The van der Waals surface area contributed by atoms with E-state index >= 15 is 0 Å².